The minimum atomic E-state index is -0.379. The first-order valence-electron chi connectivity index (χ1n) is 7.99. The van der Waals surface area contributed by atoms with Gasteiger partial charge in [-0.05, 0) is 30.7 Å². The van der Waals surface area contributed by atoms with Crippen molar-refractivity contribution in [2.45, 2.75) is 12.8 Å². The molecule has 26 heavy (non-hydrogen) atoms. The summed E-state index contributed by atoms with van der Waals surface area (Å²) in [4.78, 5) is 34.6. The Morgan fingerprint density at radius 1 is 1.15 bits per heavy atom. The van der Waals surface area contributed by atoms with E-state index in [-0.39, 0.29) is 36.6 Å². The number of hydrogen-bond acceptors (Lipinski definition) is 6. The molecule has 0 aliphatic rings. The third-order valence-corrected chi connectivity index (χ3v) is 3.31. The molecule has 0 saturated heterocycles. The maximum Gasteiger partial charge on any atom is 0.305 e. The number of rotatable bonds is 9. The highest BCUT2D eigenvalue weighted by Crippen LogP contribution is 2.18. The molecular weight excluding hydrogens is 340 g/mol. The highest BCUT2D eigenvalue weighted by Gasteiger charge is 2.09. The number of ether oxygens (including phenoxy) is 2. The molecule has 1 heterocycles. The highest BCUT2D eigenvalue weighted by atomic mass is 16.5. The maximum absolute atomic E-state index is 11.9. The van der Waals surface area contributed by atoms with Crippen molar-refractivity contribution in [3.63, 3.8) is 0 Å². The van der Waals surface area contributed by atoms with Gasteiger partial charge in [0.05, 0.1) is 13.4 Å². The van der Waals surface area contributed by atoms with Crippen molar-refractivity contribution >= 4 is 23.5 Å². The van der Waals surface area contributed by atoms with E-state index in [2.05, 4.69) is 15.4 Å². The monoisotopic (exact) mass is 360 g/mol. The molecule has 0 saturated carbocycles. The SMILES string of the molecule is COC(=O)CCCNC(=O)COc1cccc(NC(=O)c2ccco2)c1. The number of carbonyl (C=O) groups excluding carboxylic acids is 3. The van der Waals surface area contributed by atoms with Crippen molar-refractivity contribution < 1.29 is 28.3 Å². The van der Waals surface area contributed by atoms with Crippen molar-refractivity contribution in [1.82, 2.24) is 5.32 Å². The van der Waals surface area contributed by atoms with Crippen LogP contribution in [-0.2, 0) is 14.3 Å². The van der Waals surface area contributed by atoms with Gasteiger partial charge in [0.2, 0.25) is 0 Å². The van der Waals surface area contributed by atoms with Gasteiger partial charge in [-0.15, -0.1) is 0 Å². The van der Waals surface area contributed by atoms with Gasteiger partial charge in [-0.2, -0.15) is 0 Å². The van der Waals surface area contributed by atoms with Crippen LogP contribution in [0.25, 0.3) is 0 Å². The Kier molecular flexibility index (Phi) is 7.23. The maximum atomic E-state index is 11.9. The largest absolute Gasteiger partial charge is 0.484 e. The van der Waals surface area contributed by atoms with E-state index in [9.17, 15) is 14.4 Å². The summed E-state index contributed by atoms with van der Waals surface area (Å²) in [7, 11) is 1.32. The normalized spacial score (nSPS) is 10.0. The summed E-state index contributed by atoms with van der Waals surface area (Å²) in [6, 6.07) is 9.85. The van der Waals surface area contributed by atoms with E-state index < -0.39 is 0 Å². The summed E-state index contributed by atoms with van der Waals surface area (Å²) in [5.74, 6) is -0.367. The van der Waals surface area contributed by atoms with Crippen molar-refractivity contribution in [2.75, 3.05) is 25.6 Å². The first kappa shape index (κ1) is 19.0. The van der Waals surface area contributed by atoms with Gasteiger partial charge in [0.15, 0.2) is 12.4 Å². The molecule has 0 aliphatic carbocycles. The van der Waals surface area contributed by atoms with Crippen molar-refractivity contribution in [3.8, 4) is 5.75 Å². The van der Waals surface area contributed by atoms with Crippen molar-refractivity contribution in [3.05, 3.63) is 48.4 Å². The van der Waals surface area contributed by atoms with E-state index in [4.69, 9.17) is 9.15 Å². The third-order valence-electron chi connectivity index (χ3n) is 3.31. The molecule has 0 radical (unpaired) electrons. The lowest BCUT2D eigenvalue weighted by molar-refractivity contribution is -0.140. The summed E-state index contributed by atoms with van der Waals surface area (Å²) in [6.07, 6.45) is 2.15. The Labute approximate surface area is 150 Å². The lowest BCUT2D eigenvalue weighted by atomic mass is 10.3. The topological polar surface area (TPSA) is 107 Å². The molecule has 2 amide bonds. The van der Waals surface area contributed by atoms with E-state index in [0.717, 1.165) is 0 Å². The molecule has 2 aromatic rings. The van der Waals surface area contributed by atoms with Gasteiger partial charge in [-0.25, -0.2) is 0 Å². The van der Waals surface area contributed by atoms with Gasteiger partial charge in [-0.1, -0.05) is 6.07 Å². The van der Waals surface area contributed by atoms with Crippen LogP contribution in [0.2, 0.25) is 0 Å². The standard InChI is InChI=1S/C18H20N2O6/c1-24-17(22)8-3-9-19-16(21)12-26-14-6-2-5-13(11-14)20-18(23)15-7-4-10-25-15/h2,4-7,10-11H,3,8-9,12H2,1H3,(H,19,21)(H,20,23). The fraction of sp³-hybridized carbons (Fsp3) is 0.278. The number of benzene rings is 1. The van der Waals surface area contributed by atoms with Crippen LogP contribution in [0.1, 0.15) is 23.4 Å². The van der Waals surface area contributed by atoms with E-state index in [1.807, 2.05) is 0 Å². The molecule has 8 nitrogen and oxygen atoms in total. The zero-order chi connectivity index (χ0) is 18.8. The Morgan fingerprint density at radius 3 is 2.73 bits per heavy atom. The highest BCUT2D eigenvalue weighted by molar-refractivity contribution is 6.02. The molecule has 0 spiro atoms. The fourth-order valence-corrected chi connectivity index (χ4v) is 2.03. The first-order valence-corrected chi connectivity index (χ1v) is 7.99. The number of anilines is 1. The smallest absolute Gasteiger partial charge is 0.305 e. The van der Waals surface area contributed by atoms with Gasteiger partial charge in [-0.3, -0.25) is 14.4 Å². The van der Waals surface area contributed by atoms with Crippen LogP contribution < -0.4 is 15.4 Å². The number of esters is 1. The molecule has 1 aromatic heterocycles. The van der Waals surface area contributed by atoms with Crippen LogP contribution in [0.15, 0.2) is 47.1 Å². The molecule has 138 valence electrons. The fourth-order valence-electron chi connectivity index (χ4n) is 2.03. The zero-order valence-corrected chi connectivity index (χ0v) is 14.3. The van der Waals surface area contributed by atoms with E-state index in [1.54, 1.807) is 36.4 Å². The molecule has 0 fully saturated rings. The van der Waals surface area contributed by atoms with Crippen LogP contribution >= 0.6 is 0 Å². The first-order chi connectivity index (χ1) is 12.6. The number of hydrogen-bond donors (Lipinski definition) is 2. The summed E-state index contributed by atoms with van der Waals surface area (Å²) in [5.41, 5.74) is 0.516. The summed E-state index contributed by atoms with van der Waals surface area (Å²) in [5, 5.41) is 5.32. The van der Waals surface area contributed by atoms with Crippen LogP contribution in [0.5, 0.6) is 5.75 Å². The molecule has 8 heteroatoms. The van der Waals surface area contributed by atoms with E-state index >= 15 is 0 Å². The quantitative estimate of drug-likeness (QED) is 0.523. The summed E-state index contributed by atoms with van der Waals surface area (Å²) >= 11 is 0. The molecule has 0 atom stereocenters. The minimum Gasteiger partial charge on any atom is -0.484 e. The van der Waals surface area contributed by atoms with Crippen LogP contribution in [0, 0.1) is 0 Å². The molecule has 0 aliphatic heterocycles. The average Bonchev–Trinajstić information content (AvgIpc) is 3.18. The number of amides is 2. The van der Waals surface area contributed by atoms with Gasteiger partial charge in [0, 0.05) is 24.7 Å². The van der Waals surface area contributed by atoms with Gasteiger partial charge in [0.25, 0.3) is 11.8 Å². The molecule has 2 rings (SSSR count). The second-order valence-corrected chi connectivity index (χ2v) is 5.28. The number of nitrogens with one attached hydrogen (secondary N) is 2. The molecule has 0 unspecified atom stereocenters. The molecule has 2 N–H and O–H groups in total. The summed E-state index contributed by atoms with van der Waals surface area (Å²) < 4.78 is 14.9. The minimum absolute atomic E-state index is 0.173. The van der Waals surface area contributed by atoms with E-state index in [0.29, 0.717) is 24.4 Å². The van der Waals surface area contributed by atoms with E-state index in [1.165, 1.54) is 13.4 Å². The van der Waals surface area contributed by atoms with Gasteiger partial charge >= 0.3 is 5.97 Å². The Bertz CT molecular complexity index is 742. The second-order valence-electron chi connectivity index (χ2n) is 5.28. The van der Waals surface area contributed by atoms with Crippen LogP contribution in [0.3, 0.4) is 0 Å². The van der Waals surface area contributed by atoms with Crippen LogP contribution in [-0.4, -0.2) is 38.0 Å². The third kappa shape index (κ3) is 6.31. The van der Waals surface area contributed by atoms with Gasteiger partial charge < -0.3 is 24.5 Å². The van der Waals surface area contributed by atoms with Gasteiger partial charge in [0.1, 0.15) is 5.75 Å². The molecule has 1 aromatic carbocycles. The zero-order valence-electron chi connectivity index (χ0n) is 14.3. The average molecular weight is 360 g/mol. The number of methoxy groups -OCH3 is 1. The lowest BCUT2D eigenvalue weighted by Crippen LogP contribution is -2.30. The second kappa shape index (κ2) is 9.87. The Morgan fingerprint density at radius 2 is 2.00 bits per heavy atom. The Hall–Kier alpha value is -3.29. The predicted octanol–water partition coefficient (Wildman–Crippen LogP) is 1.98. The molecular formula is C18H20N2O6. The molecule has 0 bridgehead atoms. The lowest BCUT2D eigenvalue weighted by Gasteiger charge is -2.09. The number of carbonyl (C=O) groups is 3. The van der Waals surface area contributed by atoms with Crippen molar-refractivity contribution in [1.29, 1.82) is 0 Å². The van der Waals surface area contributed by atoms with Crippen molar-refractivity contribution in [2.24, 2.45) is 0 Å². The van der Waals surface area contributed by atoms with Crippen LogP contribution in [0.4, 0.5) is 5.69 Å². The summed E-state index contributed by atoms with van der Waals surface area (Å²) in [6.45, 7) is 0.185. The number of furan rings is 1. The predicted molar refractivity (Wildman–Crippen MR) is 92.9 cm³/mol. The Balaban J connectivity index is 1.75.